The van der Waals surface area contributed by atoms with Gasteiger partial charge in [-0.2, -0.15) is 0 Å². The zero-order valence-electron chi connectivity index (χ0n) is 7.71. The summed E-state index contributed by atoms with van der Waals surface area (Å²) in [6.07, 6.45) is 0. The van der Waals surface area contributed by atoms with Crippen LogP contribution in [0.5, 0.6) is 0 Å². The smallest absolute Gasteiger partial charge is 0.268 e. The Hall–Kier alpha value is -0.680. The third-order valence-electron chi connectivity index (χ3n) is 1.74. The van der Waals surface area contributed by atoms with Crippen molar-refractivity contribution in [2.24, 2.45) is 0 Å². The summed E-state index contributed by atoms with van der Waals surface area (Å²) in [5.74, 6) is -0.0162. The van der Waals surface area contributed by atoms with Crippen molar-refractivity contribution in [2.75, 3.05) is 14.1 Å². The van der Waals surface area contributed by atoms with Gasteiger partial charge in [0.25, 0.3) is 5.91 Å². The third-order valence-corrected chi connectivity index (χ3v) is 2.01. The summed E-state index contributed by atoms with van der Waals surface area (Å²) < 4.78 is 0. The van der Waals surface area contributed by atoms with E-state index in [2.05, 4.69) is 5.32 Å². The molecule has 1 aliphatic rings. The molecule has 4 nitrogen and oxygen atoms in total. The van der Waals surface area contributed by atoms with Crippen LogP contribution in [0, 0.1) is 0 Å². The zero-order chi connectivity index (χ0) is 9.52. The van der Waals surface area contributed by atoms with Crippen LogP contribution in [-0.2, 0) is 4.79 Å². The van der Waals surface area contributed by atoms with Gasteiger partial charge in [-0.1, -0.05) is 0 Å². The highest BCUT2D eigenvalue weighted by Crippen LogP contribution is 2.16. The summed E-state index contributed by atoms with van der Waals surface area (Å²) in [4.78, 5) is 11.6. The Kier molecular flexibility index (Phi) is 2.09. The average Bonchev–Trinajstić information content (AvgIpc) is 2.02. The molecule has 12 heavy (non-hydrogen) atoms. The number of nitrogens with zero attached hydrogens (tertiary/aromatic N) is 2. The maximum atomic E-state index is 11.6. The molecule has 1 amide bonds. The molecule has 0 saturated carbocycles. The van der Waals surface area contributed by atoms with Crippen LogP contribution in [0.4, 0.5) is 0 Å². The monoisotopic (exact) mass is 187 g/mol. The van der Waals surface area contributed by atoms with Crippen molar-refractivity contribution in [1.82, 2.24) is 15.3 Å². The molecule has 0 spiro atoms. The standard InChI is InChI=1S/C7H13N3OS/c1-7(2)5(11)10(9(3)4)6(12)8-7/h1-4H3,(H,8,12). The van der Waals surface area contributed by atoms with Crippen molar-refractivity contribution in [3.05, 3.63) is 0 Å². The first-order valence-corrected chi connectivity index (χ1v) is 4.11. The van der Waals surface area contributed by atoms with Gasteiger partial charge in [0.05, 0.1) is 0 Å². The van der Waals surface area contributed by atoms with Gasteiger partial charge in [-0.25, -0.2) is 10.0 Å². The minimum absolute atomic E-state index is 0.0162. The number of hydrogen-bond acceptors (Lipinski definition) is 3. The molecule has 1 fully saturated rings. The van der Waals surface area contributed by atoms with Crippen LogP contribution >= 0.6 is 12.2 Å². The number of carbonyl (C=O) groups excluding carboxylic acids is 1. The van der Waals surface area contributed by atoms with E-state index in [1.165, 1.54) is 5.01 Å². The normalized spacial score (nSPS) is 21.9. The highest BCUT2D eigenvalue weighted by molar-refractivity contribution is 7.80. The predicted molar refractivity (Wildman–Crippen MR) is 50.3 cm³/mol. The highest BCUT2D eigenvalue weighted by atomic mass is 32.1. The van der Waals surface area contributed by atoms with Gasteiger partial charge in [0.15, 0.2) is 5.11 Å². The Morgan fingerprint density at radius 2 is 2.00 bits per heavy atom. The van der Waals surface area contributed by atoms with Crippen molar-refractivity contribution in [3.63, 3.8) is 0 Å². The Labute approximate surface area is 77.5 Å². The molecular formula is C7H13N3OS. The summed E-state index contributed by atoms with van der Waals surface area (Å²) in [7, 11) is 3.57. The molecular weight excluding hydrogens is 174 g/mol. The van der Waals surface area contributed by atoms with Gasteiger partial charge in [0.2, 0.25) is 0 Å². The summed E-state index contributed by atoms with van der Waals surface area (Å²) in [6, 6.07) is 0. The van der Waals surface area contributed by atoms with E-state index in [1.54, 1.807) is 19.1 Å². The maximum absolute atomic E-state index is 11.6. The van der Waals surface area contributed by atoms with Crippen molar-refractivity contribution in [2.45, 2.75) is 19.4 Å². The summed E-state index contributed by atoms with van der Waals surface area (Å²) in [6.45, 7) is 3.62. The first-order chi connectivity index (χ1) is 5.36. The van der Waals surface area contributed by atoms with Crippen LogP contribution in [0.2, 0.25) is 0 Å². The molecule has 0 aromatic rings. The van der Waals surface area contributed by atoms with Gasteiger partial charge in [0, 0.05) is 14.1 Å². The molecule has 0 aromatic heterocycles. The van der Waals surface area contributed by atoms with Crippen LogP contribution < -0.4 is 5.32 Å². The first kappa shape index (κ1) is 9.41. The zero-order valence-corrected chi connectivity index (χ0v) is 8.53. The van der Waals surface area contributed by atoms with Gasteiger partial charge in [-0.15, -0.1) is 0 Å². The molecule has 0 bridgehead atoms. The Balaban J connectivity index is 2.93. The second-order valence-electron chi connectivity index (χ2n) is 3.52. The molecule has 1 aliphatic heterocycles. The second kappa shape index (κ2) is 2.67. The second-order valence-corrected chi connectivity index (χ2v) is 3.91. The molecule has 1 heterocycles. The van der Waals surface area contributed by atoms with E-state index in [4.69, 9.17) is 12.2 Å². The highest BCUT2D eigenvalue weighted by Gasteiger charge is 2.43. The summed E-state index contributed by atoms with van der Waals surface area (Å²) >= 11 is 5.00. The number of hydrogen-bond donors (Lipinski definition) is 1. The van der Waals surface area contributed by atoms with E-state index in [-0.39, 0.29) is 5.91 Å². The number of carbonyl (C=O) groups is 1. The summed E-state index contributed by atoms with van der Waals surface area (Å²) in [5.41, 5.74) is -0.568. The fourth-order valence-corrected chi connectivity index (χ4v) is 1.60. The van der Waals surface area contributed by atoms with E-state index in [0.29, 0.717) is 5.11 Å². The van der Waals surface area contributed by atoms with Crippen LogP contribution in [0.15, 0.2) is 0 Å². The lowest BCUT2D eigenvalue weighted by Crippen LogP contribution is -2.44. The lowest BCUT2D eigenvalue weighted by atomic mass is 10.1. The van der Waals surface area contributed by atoms with Gasteiger partial charge < -0.3 is 5.32 Å². The molecule has 0 atom stereocenters. The maximum Gasteiger partial charge on any atom is 0.268 e. The quantitative estimate of drug-likeness (QED) is 0.584. The lowest BCUT2D eigenvalue weighted by Gasteiger charge is -2.22. The van der Waals surface area contributed by atoms with Gasteiger partial charge in [-0.3, -0.25) is 4.79 Å². The molecule has 0 radical (unpaired) electrons. The molecule has 1 N–H and O–H groups in total. The summed E-state index contributed by atoms with van der Waals surface area (Å²) in [5, 5.41) is 6.53. The first-order valence-electron chi connectivity index (χ1n) is 3.70. The van der Waals surface area contributed by atoms with Crippen LogP contribution in [-0.4, -0.2) is 40.7 Å². The van der Waals surface area contributed by atoms with Gasteiger partial charge in [0.1, 0.15) is 5.54 Å². The number of amides is 1. The van der Waals surface area contributed by atoms with Crippen molar-refractivity contribution >= 4 is 23.2 Å². The molecule has 1 saturated heterocycles. The van der Waals surface area contributed by atoms with E-state index >= 15 is 0 Å². The Morgan fingerprint density at radius 3 is 2.17 bits per heavy atom. The topological polar surface area (TPSA) is 35.6 Å². The largest absolute Gasteiger partial charge is 0.347 e. The van der Waals surface area contributed by atoms with Crippen LogP contribution in [0.1, 0.15) is 13.8 Å². The molecule has 5 heteroatoms. The third kappa shape index (κ3) is 1.30. The number of thiocarbonyl (C=S) groups is 1. The van der Waals surface area contributed by atoms with Crippen molar-refractivity contribution in [1.29, 1.82) is 0 Å². The SMILES string of the molecule is CN(C)N1C(=O)C(C)(C)NC1=S. The predicted octanol–water partition coefficient (Wildman–Crippen LogP) is -0.0417. The molecule has 1 rings (SSSR count). The number of nitrogens with one attached hydrogen (secondary N) is 1. The van der Waals surface area contributed by atoms with Crippen LogP contribution in [0.25, 0.3) is 0 Å². The van der Waals surface area contributed by atoms with Crippen molar-refractivity contribution < 1.29 is 4.79 Å². The molecule has 0 aliphatic carbocycles. The lowest BCUT2D eigenvalue weighted by molar-refractivity contribution is -0.138. The van der Waals surface area contributed by atoms with Crippen LogP contribution in [0.3, 0.4) is 0 Å². The fraction of sp³-hybridized carbons (Fsp3) is 0.714. The van der Waals surface area contributed by atoms with E-state index in [9.17, 15) is 4.79 Å². The van der Waals surface area contributed by atoms with Crippen molar-refractivity contribution in [3.8, 4) is 0 Å². The van der Waals surface area contributed by atoms with E-state index in [1.807, 2.05) is 13.8 Å². The number of hydrazine groups is 1. The molecule has 0 unspecified atom stereocenters. The average molecular weight is 187 g/mol. The van der Waals surface area contributed by atoms with Gasteiger partial charge >= 0.3 is 0 Å². The fourth-order valence-electron chi connectivity index (χ4n) is 1.09. The van der Waals surface area contributed by atoms with Gasteiger partial charge in [-0.05, 0) is 26.1 Å². The minimum atomic E-state index is -0.568. The Bertz CT molecular complexity index is 237. The minimum Gasteiger partial charge on any atom is -0.347 e. The Morgan fingerprint density at radius 1 is 1.50 bits per heavy atom. The molecule has 68 valence electrons. The van der Waals surface area contributed by atoms with E-state index < -0.39 is 5.54 Å². The number of rotatable bonds is 1. The molecule has 0 aromatic carbocycles. The van der Waals surface area contributed by atoms with E-state index in [0.717, 1.165) is 0 Å².